The van der Waals surface area contributed by atoms with Crippen molar-refractivity contribution in [3.63, 3.8) is 0 Å². The highest BCUT2D eigenvalue weighted by Crippen LogP contribution is 2.12. The van der Waals surface area contributed by atoms with E-state index < -0.39 is 0 Å². The van der Waals surface area contributed by atoms with Gasteiger partial charge >= 0.3 is 5.97 Å². The van der Waals surface area contributed by atoms with Gasteiger partial charge in [0.15, 0.2) is 0 Å². The van der Waals surface area contributed by atoms with Crippen molar-refractivity contribution < 1.29 is 18.7 Å². The lowest BCUT2D eigenvalue weighted by atomic mass is 10.0. The molecule has 0 spiro atoms. The smallest absolute Gasteiger partial charge is 0.307 e. The molecule has 0 radical (unpaired) electrons. The van der Waals surface area contributed by atoms with Crippen molar-refractivity contribution >= 4 is 5.97 Å². The standard InChI is InChI=1S/C15H22FNO3/c1-11-8-12(4-5-14(11)16)9-13(10-15(18)20-3)17-6-7-19-2/h4-5,8,13,17H,6-7,9-10H2,1-3H3. The first-order chi connectivity index (χ1) is 9.56. The maximum Gasteiger partial charge on any atom is 0.307 e. The molecule has 1 unspecified atom stereocenters. The molecule has 1 aromatic carbocycles. The van der Waals surface area contributed by atoms with Crippen molar-refractivity contribution in [2.24, 2.45) is 0 Å². The van der Waals surface area contributed by atoms with Gasteiger partial charge in [-0.1, -0.05) is 12.1 Å². The molecule has 112 valence electrons. The van der Waals surface area contributed by atoms with E-state index in [9.17, 15) is 9.18 Å². The number of carbonyl (C=O) groups is 1. The molecule has 0 heterocycles. The SMILES string of the molecule is COCCNC(CC(=O)OC)Cc1ccc(F)c(C)c1. The molecule has 20 heavy (non-hydrogen) atoms. The van der Waals surface area contributed by atoms with E-state index in [1.54, 1.807) is 26.2 Å². The number of ether oxygens (including phenoxy) is 2. The van der Waals surface area contributed by atoms with Gasteiger partial charge in [-0.05, 0) is 30.5 Å². The van der Waals surface area contributed by atoms with Gasteiger partial charge in [-0.3, -0.25) is 4.79 Å². The van der Waals surface area contributed by atoms with E-state index in [2.05, 4.69) is 5.32 Å². The van der Waals surface area contributed by atoms with Crippen LogP contribution >= 0.6 is 0 Å². The maximum absolute atomic E-state index is 13.2. The predicted octanol–water partition coefficient (Wildman–Crippen LogP) is 1.84. The zero-order chi connectivity index (χ0) is 15.0. The van der Waals surface area contributed by atoms with Crippen molar-refractivity contribution in [3.05, 3.63) is 35.1 Å². The molecule has 0 amide bonds. The Bertz CT molecular complexity index is 437. The molecular weight excluding hydrogens is 261 g/mol. The first-order valence-corrected chi connectivity index (χ1v) is 6.61. The highest BCUT2D eigenvalue weighted by Gasteiger charge is 2.15. The number of nitrogens with one attached hydrogen (secondary N) is 1. The fourth-order valence-corrected chi connectivity index (χ4v) is 1.98. The lowest BCUT2D eigenvalue weighted by molar-refractivity contribution is -0.141. The molecule has 0 aliphatic rings. The van der Waals surface area contributed by atoms with Gasteiger partial charge in [-0.15, -0.1) is 0 Å². The van der Waals surface area contributed by atoms with Crippen LogP contribution < -0.4 is 5.32 Å². The van der Waals surface area contributed by atoms with Crippen LogP contribution in [0.15, 0.2) is 18.2 Å². The summed E-state index contributed by atoms with van der Waals surface area (Å²) in [5.41, 5.74) is 1.60. The van der Waals surface area contributed by atoms with E-state index in [-0.39, 0.29) is 24.2 Å². The first-order valence-electron chi connectivity index (χ1n) is 6.61. The molecule has 0 bridgehead atoms. The van der Waals surface area contributed by atoms with Crippen molar-refractivity contribution in [1.82, 2.24) is 5.32 Å². The van der Waals surface area contributed by atoms with Crippen LogP contribution in [0.5, 0.6) is 0 Å². The Hall–Kier alpha value is -1.46. The van der Waals surface area contributed by atoms with E-state index >= 15 is 0 Å². The Kier molecular flexibility index (Phi) is 7.18. The summed E-state index contributed by atoms with van der Waals surface area (Å²) in [5, 5.41) is 3.25. The van der Waals surface area contributed by atoms with E-state index in [0.29, 0.717) is 25.1 Å². The average molecular weight is 283 g/mol. The molecule has 1 aromatic rings. The van der Waals surface area contributed by atoms with E-state index in [4.69, 9.17) is 9.47 Å². The zero-order valence-corrected chi connectivity index (χ0v) is 12.2. The van der Waals surface area contributed by atoms with Gasteiger partial charge in [0.25, 0.3) is 0 Å². The molecule has 5 heteroatoms. The quantitative estimate of drug-likeness (QED) is 0.584. The monoisotopic (exact) mass is 283 g/mol. The fraction of sp³-hybridized carbons (Fsp3) is 0.533. The van der Waals surface area contributed by atoms with Gasteiger partial charge in [0.05, 0.1) is 20.1 Å². The molecule has 0 saturated carbocycles. The number of halogens is 1. The van der Waals surface area contributed by atoms with Crippen LogP contribution in [0.25, 0.3) is 0 Å². The van der Waals surface area contributed by atoms with Crippen LogP contribution in [0.2, 0.25) is 0 Å². The molecular formula is C15H22FNO3. The topological polar surface area (TPSA) is 47.6 Å². The van der Waals surface area contributed by atoms with Crippen LogP contribution in [-0.2, 0) is 20.7 Å². The van der Waals surface area contributed by atoms with Crippen molar-refractivity contribution in [2.45, 2.75) is 25.8 Å². The first kappa shape index (κ1) is 16.6. The second kappa shape index (κ2) is 8.66. The third kappa shape index (κ3) is 5.67. The number of methoxy groups -OCH3 is 2. The van der Waals surface area contributed by atoms with Crippen LogP contribution in [0, 0.1) is 12.7 Å². The summed E-state index contributed by atoms with van der Waals surface area (Å²) in [5.74, 6) is -0.482. The molecule has 0 aromatic heterocycles. The lowest BCUT2D eigenvalue weighted by Crippen LogP contribution is -2.35. The summed E-state index contributed by atoms with van der Waals surface area (Å²) in [6.07, 6.45) is 0.913. The number of rotatable bonds is 8. The van der Waals surface area contributed by atoms with Gasteiger partial charge in [-0.2, -0.15) is 0 Å². The van der Waals surface area contributed by atoms with Crippen molar-refractivity contribution in [1.29, 1.82) is 0 Å². The largest absolute Gasteiger partial charge is 0.469 e. The summed E-state index contributed by atoms with van der Waals surface area (Å²) < 4.78 is 22.9. The third-order valence-corrected chi connectivity index (χ3v) is 3.08. The maximum atomic E-state index is 13.2. The lowest BCUT2D eigenvalue weighted by Gasteiger charge is -2.18. The fourth-order valence-electron chi connectivity index (χ4n) is 1.98. The Morgan fingerprint density at radius 2 is 2.15 bits per heavy atom. The summed E-state index contributed by atoms with van der Waals surface area (Å²) in [6.45, 7) is 2.95. The number of hydrogen-bond acceptors (Lipinski definition) is 4. The number of esters is 1. The number of benzene rings is 1. The van der Waals surface area contributed by atoms with Crippen molar-refractivity contribution in [2.75, 3.05) is 27.4 Å². The molecule has 0 fully saturated rings. The minimum Gasteiger partial charge on any atom is -0.469 e. The van der Waals surface area contributed by atoms with Gasteiger partial charge in [0.2, 0.25) is 0 Å². The summed E-state index contributed by atoms with van der Waals surface area (Å²) in [7, 11) is 3.00. The second-order valence-electron chi connectivity index (χ2n) is 4.71. The minimum absolute atomic E-state index is 0.0533. The van der Waals surface area contributed by atoms with Gasteiger partial charge < -0.3 is 14.8 Å². The van der Waals surface area contributed by atoms with Crippen LogP contribution in [0.4, 0.5) is 4.39 Å². The van der Waals surface area contributed by atoms with E-state index in [0.717, 1.165) is 5.56 Å². The number of aryl methyl sites for hydroxylation is 1. The molecule has 1 atom stereocenters. The minimum atomic E-state index is -0.265. The van der Waals surface area contributed by atoms with Crippen molar-refractivity contribution in [3.8, 4) is 0 Å². The van der Waals surface area contributed by atoms with Gasteiger partial charge in [-0.25, -0.2) is 4.39 Å². The van der Waals surface area contributed by atoms with Crippen LogP contribution in [0.3, 0.4) is 0 Å². The van der Waals surface area contributed by atoms with Crippen LogP contribution in [0.1, 0.15) is 17.5 Å². The number of hydrogen-bond donors (Lipinski definition) is 1. The predicted molar refractivity (Wildman–Crippen MR) is 75.1 cm³/mol. The second-order valence-corrected chi connectivity index (χ2v) is 4.71. The Balaban J connectivity index is 2.66. The normalized spacial score (nSPS) is 12.2. The average Bonchev–Trinajstić information content (AvgIpc) is 2.43. The van der Waals surface area contributed by atoms with E-state index in [1.165, 1.54) is 13.2 Å². The Labute approximate surface area is 119 Å². The van der Waals surface area contributed by atoms with Gasteiger partial charge in [0, 0.05) is 19.7 Å². The molecule has 0 aliphatic heterocycles. The Morgan fingerprint density at radius 3 is 2.75 bits per heavy atom. The summed E-state index contributed by atoms with van der Waals surface area (Å²) in [6, 6.07) is 4.94. The third-order valence-electron chi connectivity index (χ3n) is 3.08. The molecule has 1 N–H and O–H groups in total. The molecule has 1 rings (SSSR count). The van der Waals surface area contributed by atoms with E-state index in [1.807, 2.05) is 0 Å². The molecule has 0 saturated heterocycles. The van der Waals surface area contributed by atoms with Gasteiger partial charge in [0.1, 0.15) is 5.82 Å². The summed E-state index contributed by atoms with van der Waals surface area (Å²) >= 11 is 0. The highest BCUT2D eigenvalue weighted by molar-refractivity contribution is 5.70. The molecule has 4 nitrogen and oxygen atoms in total. The number of carbonyl (C=O) groups excluding carboxylic acids is 1. The van der Waals surface area contributed by atoms with Crippen LogP contribution in [-0.4, -0.2) is 39.4 Å². The molecule has 0 aliphatic carbocycles. The zero-order valence-electron chi connectivity index (χ0n) is 12.2. The Morgan fingerprint density at radius 1 is 1.40 bits per heavy atom. The highest BCUT2D eigenvalue weighted by atomic mass is 19.1. The summed E-state index contributed by atoms with van der Waals surface area (Å²) in [4.78, 5) is 11.4.